The molecule has 0 bridgehead atoms. The van der Waals surface area contributed by atoms with E-state index in [4.69, 9.17) is 5.11 Å². The molecule has 0 radical (unpaired) electrons. The molecular formula is C89H152N20O22. The van der Waals surface area contributed by atoms with Crippen LogP contribution in [0.15, 0.2) is 0 Å². The zero-order valence-electron chi connectivity index (χ0n) is 82.0. The molecule has 3 saturated heterocycles. The molecule has 0 saturated carbocycles. The topological polar surface area (TPSA) is 593 Å². The molecule has 0 unspecified atom stereocenters. The van der Waals surface area contributed by atoms with E-state index in [9.17, 15) is 101 Å². The molecule has 3 fully saturated rings. The summed E-state index contributed by atoms with van der Waals surface area (Å²) in [7, 11) is 0. The summed E-state index contributed by atoms with van der Waals surface area (Å²) in [5.41, 5.74) is -17.9. The summed E-state index contributed by atoms with van der Waals surface area (Å²) in [5, 5.41) is 52.8. The largest absolute Gasteiger partial charge is 0.481 e. The van der Waals surface area contributed by atoms with Crippen molar-refractivity contribution in [2.45, 2.75) is 399 Å². The number of carbonyl (C=O) groups is 21. The molecule has 3 heterocycles. The van der Waals surface area contributed by atoms with Crippen LogP contribution in [0.4, 0.5) is 0 Å². The second-order valence-electron chi connectivity index (χ2n) is 40.4. The maximum absolute atomic E-state index is 14.4. The number of hydrogen-bond acceptors (Lipinski definition) is 21. The van der Waals surface area contributed by atoms with Crippen LogP contribution in [0.5, 0.6) is 0 Å². The third kappa shape index (κ3) is 34.5. The van der Waals surface area contributed by atoms with E-state index in [1.807, 2.05) is 0 Å². The zero-order chi connectivity index (χ0) is 101. The van der Waals surface area contributed by atoms with Gasteiger partial charge in [-0.2, -0.15) is 0 Å². The van der Waals surface area contributed by atoms with Gasteiger partial charge in [-0.15, -0.1) is 0 Å². The summed E-state index contributed by atoms with van der Waals surface area (Å²) in [6.45, 7) is 36.9. The van der Waals surface area contributed by atoms with Gasteiger partial charge in [0.05, 0.1) is 6.42 Å². The van der Waals surface area contributed by atoms with Gasteiger partial charge >= 0.3 is 5.97 Å². The smallest absolute Gasteiger partial charge is 0.305 e. The van der Waals surface area contributed by atoms with E-state index >= 15 is 0 Å². The predicted molar refractivity (Wildman–Crippen MR) is 484 cm³/mol. The first-order chi connectivity index (χ1) is 60.0. The number of carboxylic acid groups (broad SMARTS) is 1. The molecular weight excluding hydrogens is 1700 g/mol. The fourth-order valence-corrected chi connectivity index (χ4v) is 14.4. The summed E-state index contributed by atoms with van der Waals surface area (Å²) in [5.74, 6) is -15.1. The monoisotopic (exact) mass is 1850 g/mol. The van der Waals surface area contributed by atoms with Crippen molar-refractivity contribution >= 4 is 124 Å². The normalized spacial score (nSPS) is 16.5. The van der Waals surface area contributed by atoms with Crippen LogP contribution in [0.3, 0.4) is 0 Å². The lowest BCUT2D eigenvalue weighted by atomic mass is 9.96. The van der Waals surface area contributed by atoms with Crippen molar-refractivity contribution in [3.63, 3.8) is 0 Å². The van der Waals surface area contributed by atoms with E-state index in [0.717, 1.165) is 19.3 Å². The summed E-state index contributed by atoms with van der Waals surface area (Å²) in [6.07, 6.45) is 10.9. The molecule has 131 heavy (non-hydrogen) atoms. The Balaban J connectivity index is 1.47. The Labute approximate surface area is 770 Å². The fraction of sp³-hybridized carbons (Fsp3) is 0.764. The molecule has 0 aromatic rings. The lowest BCUT2D eigenvalue weighted by Crippen LogP contribution is -2.67. The molecule has 3 aliphatic heterocycles. The number of likely N-dealkylation sites (tertiary alicyclic amines) is 3. The Kier molecular flexibility index (Phi) is 41.2. The van der Waals surface area contributed by atoms with Gasteiger partial charge in [-0.1, -0.05) is 58.3 Å². The number of nitrogens with one attached hydrogen (secondary N) is 17. The van der Waals surface area contributed by atoms with Crippen LogP contribution >= 0.6 is 0 Å². The minimum Gasteiger partial charge on any atom is -0.481 e. The van der Waals surface area contributed by atoms with Gasteiger partial charge in [0.15, 0.2) is 0 Å². The quantitative estimate of drug-likeness (QED) is 0.0352. The zero-order valence-corrected chi connectivity index (χ0v) is 82.0. The Morgan fingerprint density at radius 1 is 0.275 bits per heavy atom. The summed E-state index contributed by atoms with van der Waals surface area (Å²) < 4.78 is 0. The molecule has 20 amide bonds. The number of hydrogen-bond donors (Lipinski definition) is 18. The van der Waals surface area contributed by atoms with Gasteiger partial charge < -0.3 is 110 Å². The third-order valence-corrected chi connectivity index (χ3v) is 23.1. The Hall–Kier alpha value is -11.1. The number of carbonyl (C=O) groups excluding carboxylic acids is 20. The summed E-state index contributed by atoms with van der Waals surface area (Å²) in [4.78, 5) is 287. The molecule has 0 aromatic carbocycles. The molecule has 18 N–H and O–H groups in total. The molecule has 3 aliphatic rings. The molecule has 0 aliphatic carbocycles. The maximum Gasteiger partial charge on any atom is 0.305 e. The number of carboxylic acids is 1. The Morgan fingerprint density at radius 2 is 0.550 bits per heavy atom. The highest BCUT2D eigenvalue weighted by Crippen LogP contribution is 2.28. The third-order valence-electron chi connectivity index (χ3n) is 23.1. The number of rotatable bonds is 50. The van der Waals surface area contributed by atoms with Gasteiger partial charge in [0, 0.05) is 58.5 Å². The highest BCUT2D eigenvalue weighted by atomic mass is 16.4. The molecule has 6 atom stereocenters. The number of unbranched alkanes of at least 4 members (excludes halogenated alkanes) is 8. The highest BCUT2D eigenvalue weighted by molar-refractivity contribution is 6.04. The van der Waals surface area contributed by atoms with Crippen LogP contribution in [0.1, 0.15) is 302 Å². The van der Waals surface area contributed by atoms with Crippen LogP contribution < -0.4 is 90.4 Å². The van der Waals surface area contributed by atoms with Crippen molar-refractivity contribution in [2.75, 3.05) is 39.3 Å². The van der Waals surface area contributed by atoms with E-state index in [-0.39, 0.29) is 83.7 Å². The van der Waals surface area contributed by atoms with Crippen molar-refractivity contribution in [1.82, 2.24) is 105 Å². The first-order valence-electron chi connectivity index (χ1n) is 45.4. The van der Waals surface area contributed by atoms with E-state index in [2.05, 4.69) is 97.3 Å². The number of amides is 20. The van der Waals surface area contributed by atoms with Crippen LogP contribution in [0.25, 0.3) is 0 Å². The number of aliphatic carboxylic acids is 1. The lowest BCUT2D eigenvalue weighted by molar-refractivity contribution is -0.148. The molecule has 42 nitrogen and oxygen atoms in total. The van der Waals surface area contributed by atoms with Crippen molar-refractivity contribution in [3.05, 3.63) is 0 Å². The molecule has 3 rings (SSSR count). The van der Waals surface area contributed by atoms with Gasteiger partial charge in [-0.05, 0) is 218 Å². The molecule has 740 valence electrons. The van der Waals surface area contributed by atoms with Gasteiger partial charge in [0.25, 0.3) is 0 Å². The average Bonchev–Trinajstić information content (AvgIpc) is 1.71. The standard InChI is InChI=1S/C89H152N20O22/c1-27-28-29-30-31-32-33-34-35-42-59(111)97-87(21,22)76(129)108-50-37-40-56(108)66(119)100-85(17,18)74(127)106-89(25,26)78(131)109-51-38-41-57(109)67(120)101-84(15,16)73(126)105-88(23,24)77(130)107-49-36-39-55(107)65(118)94-54(4)64(117)98-79(5,6)68(121)91-46-43-58(110)93-53(3)63(116)99-83(13,14)72(125)102-80(7,8)69(122)92-47-44-60(112)96-82(11,12)71(124)104-86(19,20)75(128)103-81(9,10)70(123)95-52(2)62(115)90-48-45-61(113)114/h52-57H,27-51H2,1-26H3,(H,90,115)(H,91,121)(H,92,122)(H,93,110)(H,94,118)(H,95,123)(H,96,112)(H,97,111)(H,98,117)(H,99,116)(H,100,119)(H,101,120)(H,102,125)(H,103,128)(H,104,124)(H,105,126)(H,106,127)(H,113,114)/t52-,53-,54-,55-,56-,57-/m0/s1. The highest BCUT2D eigenvalue weighted by Gasteiger charge is 2.51. The first kappa shape index (κ1) is 114. The Bertz CT molecular complexity index is 4220. The summed E-state index contributed by atoms with van der Waals surface area (Å²) >= 11 is 0. The second kappa shape index (κ2) is 47.3. The van der Waals surface area contributed by atoms with Crippen LogP contribution in [-0.2, 0) is 101 Å². The van der Waals surface area contributed by atoms with Crippen LogP contribution in [-0.4, -0.2) is 280 Å². The van der Waals surface area contributed by atoms with Crippen molar-refractivity contribution in [1.29, 1.82) is 0 Å². The predicted octanol–water partition coefficient (Wildman–Crippen LogP) is -0.159. The minimum atomic E-state index is -1.71. The molecule has 42 heteroatoms. The second-order valence-corrected chi connectivity index (χ2v) is 40.4. The van der Waals surface area contributed by atoms with Crippen molar-refractivity contribution in [2.24, 2.45) is 0 Å². The van der Waals surface area contributed by atoms with Gasteiger partial charge in [0.1, 0.15) is 97.2 Å². The molecule has 0 aromatic heterocycles. The van der Waals surface area contributed by atoms with E-state index in [1.165, 1.54) is 206 Å². The van der Waals surface area contributed by atoms with Gasteiger partial charge in [-0.25, -0.2) is 0 Å². The molecule has 0 spiro atoms. The van der Waals surface area contributed by atoms with Gasteiger partial charge in [-0.3, -0.25) is 101 Å². The van der Waals surface area contributed by atoms with E-state index in [1.54, 1.807) is 13.8 Å². The fourth-order valence-electron chi connectivity index (χ4n) is 14.4. The van der Waals surface area contributed by atoms with Gasteiger partial charge in [0.2, 0.25) is 118 Å². The maximum atomic E-state index is 14.4. The van der Waals surface area contributed by atoms with E-state index in [0.29, 0.717) is 32.1 Å². The van der Waals surface area contributed by atoms with E-state index < -0.39 is 215 Å². The number of nitrogens with zero attached hydrogens (tertiary/aromatic N) is 3. The van der Waals surface area contributed by atoms with Crippen LogP contribution in [0.2, 0.25) is 0 Å². The Morgan fingerprint density at radius 3 is 0.939 bits per heavy atom. The first-order valence-corrected chi connectivity index (χ1v) is 45.4. The van der Waals surface area contributed by atoms with Crippen molar-refractivity contribution in [3.8, 4) is 0 Å². The SMILES string of the molecule is CCCCCCCCCCCC(=O)NC(C)(C)C(=O)N1CCC[C@H]1C(=O)NC(C)(C)C(=O)NC(C)(C)C(=O)N1CCC[C@H]1C(=O)NC(C)(C)C(=O)NC(C)(C)C(=O)N1CCC[C@H]1C(=O)N[C@@H](C)C(=O)NC(C)(C)C(=O)NCCC(=O)N[C@@H](C)C(=O)NC(C)(C)C(=O)NC(C)(C)C(=O)NCCC(=O)NC(C)(C)C(=O)NC(C)(C)C(=O)NC(C)(C)C(=O)N[C@@H](C)C(=O)NCCC(=O)O. The minimum absolute atomic E-state index is 0.0902. The lowest BCUT2D eigenvalue weighted by Gasteiger charge is -2.38. The van der Waals surface area contributed by atoms with Crippen molar-refractivity contribution < 1.29 is 106 Å². The summed E-state index contributed by atoms with van der Waals surface area (Å²) in [6, 6.07) is -6.76. The average molecular weight is 1850 g/mol. The van der Waals surface area contributed by atoms with Crippen LogP contribution in [0, 0.1) is 0 Å².